The maximum absolute atomic E-state index is 13.3. The van der Waals surface area contributed by atoms with Crippen LogP contribution in [0.3, 0.4) is 0 Å². The highest BCUT2D eigenvalue weighted by Crippen LogP contribution is 2.17. The van der Waals surface area contributed by atoms with Crippen molar-refractivity contribution in [3.8, 4) is 0 Å². The minimum absolute atomic E-state index is 0.0464. The second-order valence-corrected chi connectivity index (χ2v) is 5.81. The van der Waals surface area contributed by atoms with Crippen LogP contribution in [0.25, 0.3) is 0 Å². The van der Waals surface area contributed by atoms with Crippen LogP contribution in [0.15, 0.2) is 48.8 Å². The molecule has 0 aliphatic carbocycles. The van der Waals surface area contributed by atoms with Gasteiger partial charge in [0, 0.05) is 37.8 Å². The second kappa shape index (κ2) is 7.88. The Balaban J connectivity index is 1.70. The summed E-state index contributed by atoms with van der Waals surface area (Å²) in [4.78, 5) is 18.3. The number of halogens is 1. The molecule has 5 nitrogen and oxygen atoms in total. The van der Waals surface area contributed by atoms with Crippen LogP contribution in [0.5, 0.6) is 0 Å². The molecule has 3 rings (SSSR count). The number of anilines is 1. The molecule has 0 spiro atoms. The number of nitrogens with zero attached hydrogens (tertiary/aromatic N) is 2. The zero-order chi connectivity index (χ0) is 16.8. The quantitative estimate of drug-likeness (QED) is 0.914. The lowest BCUT2D eigenvalue weighted by Gasteiger charge is -2.26. The summed E-state index contributed by atoms with van der Waals surface area (Å²) in [7, 11) is 0. The molecule has 1 fully saturated rings. The molecule has 0 saturated carbocycles. The number of benzene rings is 1. The first-order valence-electron chi connectivity index (χ1n) is 8.03. The average Bonchev–Trinajstić information content (AvgIpc) is 3.08. The summed E-state index contributed by atoms with van der Waals surface area (Å²) in [5.41, 5.74) is 1.42. The van der Waals surface area contributed by atoms with E-state index < -0.39 is 0 Å². The van der Waals surface area contributed by atoms with Crippen molar-refractivity contribution >= 4 is 11.7 Å². The third kappa shape index (κ3) is 4.52. The summed E-state index contributed by atoms with van der Waals surface area (Å²) in [5.74, 6) is -0.382. The molecule has 1 N–H and O–H groups in total. The number of aromatic nitrogens is 1. The topological polar surface area (TPSA) is 54.5 Å². The van der Waals surface area contributed by atoms with E-state index in [0.717, 1.165) is 25.0 Å². The van der Waals surface area contributed by atoms with Crippen molar-refractivity contribution < 1.29 is 13.9 Å². The summed E-state index contributed by atoms with van der Waals surface area (Å²) in [5, 5.41) is 2.75. The van der Waals surface area contributed by atoms with Crippen molar-refractivity contribution in [1.29, 1.82) is 0 Å². The van der Waals surface area contributed by atoms with Gasteiger partial charge in [0.1, 0.15) is 5.82 Å². The zero-order valence-electron chi connectivity index (χ0n) is 13.3. The molecular weight excluding hydrogens is 309 g/mol. The Morgan fingerprint density at radius 2 is 2.17 bits per heavy atom. The van der Waals surface area contributed by atoms with E-state index >= 15 is 0 Å². The van der Waals surface area contributed by atoms with Gasteiger partial charge < -0.3 is 15.0 Å². The fourth-order valence-corrected chi connectivity index (χ4v) is 2.73. The fourth-order valence-electron chi connectivity index (χ4n) is 2.73. The molecule has 126 valence electrons. The molecule has 2 amide bonds. The molecule has 1 atom stereocenters. The third-order valence-electron chi connectivity index (χ3n) is 3.93. The van der Waals surface area contributed by atoms with E-state index in [1.165, 1.54) is 12.1 Å². The highest BCUT2D eigenvalue weighted by molar-refractivity contribution is 5.89. The molecular formula is C18H20FN3O2. The zero-order valence-corrected chi connectivity index (χ0v) is 13.3. The molecule has 1 saturated heterocycles. The van der Waals surface area contributed by atoms with E-state index in [1.54, 1.807) is 29.4 Å². The predicted molar refractivity (Wildman–Crippen MR) is 89.0 cm³/mol. The number of rotatable bonds is 5. The van der Waals surface area contributed by atoms with Crippen molar-refractivity contribution in [2.45, 2.75) is 25.5 Å². The highest BCUT2D eigenvalue weighted by atomic mass is 19.1. The fraction of sp³-hybridized carbons (Fsp3) is 0.333. The molecule has 2 aromatic rings. The van der Waals surface area contributed by atoms with Crippen LogP contribution < -0.4 is 5.32 Å². The van der Waals surface area contributed by atoms with Crippen LogP contribution in [-0.2, 0) is 11.3 Å². The predicted octanol–water partition coefficient (Wildman–Crippen LogP) is 3.43. The van der Waals surface area contributed by atoms with E-state index in [0.29, 0.717) is 18.8 Å². The first-order chi connectivity index (χ1) is 11.7. The van der Waals surface area contributed by atoms with Crippen LogP contribution in [0.1, 0.15) is 18.4 Å². The van der Waals surface area contributed by atoms with Gasteiger partial charge in [-0.25, -0.2) is 9.18 Å². The van der Waals surface area contributed by atoms with Crippen LogP contribution in [0, 0.1) is 5.82 Å². The number of carbonyl (C=O) groups is 1. The lowest BCUT2D eigenvalue weighted by molar-refractivity contribution is 0.0819. The Kier molecular flexibility index (Phi) is 5.38. The minimum Gasteiger partial charge on any atom is -0.376 e. The summed E-state index contributed by atoms with van der Waals surface area (Å²) >= 11 is 0. The number of hydrogen-bond acceptors (Lipinski definition) is 3. The van der Waals surface area contributed by atoms with Gasteiger partial charge in [0.2, 0.25) is 0 Å². The van der Waals surface area contributed by atoms with Gasteiger partial charge in [-0.15, -0.1) is 0 Å². The van der Waals surface area contributed by atoms with Crippen molar-refractivity contribution in [1.82, 2.24) is 9.88 Å². The largest absolute Gasteiger partial charge is 0.376 e. The van der Waals surface area contributed by atoms with E-state index in [4.69, 9.17) is 4.74 Å². The minimum atomic E-state index is -0.382. The standard InChI is InChI=1S/C18H20FN3O2/c19-15-3-1-4-16(11-15)21-18(23)22(13-17-5-2-10-24-17)12-14-6-8-20-9-7-14/h1,3-4,6-9,11,17H,2,5,10,12-13H2,(H,21,23)/t17-/m0/s1. The smallest absolute Gasteiger partial charge is 0.322 e. The van der Waals surface area contributed by atoms with E-state index in [2.05, 4.69) is 10.3 Å². The normalized spacial score (nSPS) is 16.8. The first-order valence-corrected chi connectivity index (χ1v) is 8.03. The summed E-state index contributed by atoms with van der Waals surface area (Å²) in [6, 6.07) is 9.35. The van der Waals surface area contributed by atoms with Crippen molar-refractivity contribution in [2.75, 3.05) is 18.5 Å². The summed E-state index contributed by atoms with van der Waals surface area (Å²) in [6.07, 6.45) is 5.40. The molecule has 1 aromatic heterocycles. The van der Waals surface area contributed by atoms with Crippen LogP contribution in [0.2, 0.25) is 0 Å². The Bertz CT molecular complexity index is 675. The van der Waals surface area contributed by atoms with Crippen LogP contribution in [0.4, 0.5) is 14.9 Å². The van der Waals surface area contributed by atoms with Gasteiger partial charge in [-0.05, 0) is 48.7 Å². The number of pyridine rings is 1. The summed E-state index contributed by atoms with van der Waals surface area (Å²) in [6.45, 7) is 1.69. The maximum Gasteiger partial charge on any atom is 0.322 e. The highest BCUT2D eigenvalue weighted by Gasteiger charge is 2.23. The van der Waals surface area contributed by atoms with Crippen LogP contribution in [-0.4, -0.2) is 35.2 Å². The lowest BCUT2D eigenvalue weighted by Crippen LogP contribution is -2.39. The van der Waals surface area contributed by atoms with E-state index in [1.807, 2.05) is 12.1 Å². The van der Waals surface area contributed by atoms with Gasteiger partial charge >= 0.3 is 6.03 Å². The number of carbonyl (C=O) groups excluding carboxylic acids is 1. The molecule has 6 heteroatoms. The van der Waals surface area contributed by atoms with Gasteiger partial charge in [0.05, 0.1) is 6.10 Å². The van der Waals surface area contributed by atoms with Crippen molar-refractivity contribution in [2.24, 2.45) is 0 Å². The van der Waals surface area contributed by atoms with Gasteiger partial charge in [-0.2, -0.15) is 0 Å². The van der Waals surface area contributed by atoms with E-state index in [-0.39, 0.29) is 18.0 Å². The molecule has 24 heavy (non-hydrogen) atoms. The average molecular weight is 329 g/mol. The van der Waals surface area contributed by atoms with Crippen LogP contribution >= 0.6 is 0 Å². The Hall–Kier alpha value is -2.47. The molecule has 1 aliphatic heterocycles. The summed E-state index contributed by atoms with van der Waals surface area (Å²) < 4.78 is 18.9. The number of amides is 2. The number of hydrogen-bond donors (Lipinski definition) is 1. The van der Waals surface area contributed by atoms with Gasteiger partial charge in [0.15, 0.2) is 0 Å². The Morgan fingerprint density at radius 1 is 1.33 bits per heavy atom. The van der Waals surface area contributed by atoms with Crippen molar-refractivity contribution in [3.05, 3.63) is 60.2 Å². The molecule has 0 unspecified atom stereocenters. The number of ether oxygens (including phenoxy) is 1. The lowest BCUT2D eigenvalue weighted by atomic mass is 10.2. The SMILES string of the molecule is O=C(Nc1cccc(F)c1)N(Cc1ccncc1)C[C@@H]1CCCO1. The van der Waals surface area contributed by atoms with E-state index in [9.17, 15) is 9.18 Å². The van der Waals surface area contributed by atoms with Crippen molar-refractivity contribution in [3.63, 3.8) is 0 Å². The van der Waals surface area contributed by atoms with Gasteiger partial charge in [-0.3, -0.25) is 4.98 Å². The first kappa shape index (κ1) is 16.4. The molecule has 0 bridgehead atoms. The molecule has 0 radical (unpaired) electrons. The molecule has 1 aliphatic rings. The monoisotopic (exact) mass is 329 g/mol. The second-order valence-electron chi connectivity index (χ2n) is 5.81. The number of urea groups is 1. The Morgan fingerprint density at radius 3 is 2.88 bits per heavy atom. The number of nitrogens with one attached hydrogen (secondary N) is 1. The third-order valence-corrected chi connectivity index (χ3v) is 3.93. The molecule has 2 heterocycles. The Labute approximate surface area is 140 Å². The van der Waals surface area contributed by atoms with Gasteiger partial charge in [0.25, 0.3) is 0 Å². The molecule has 1 aromatic carbocycles. The maximum atomic E-state index is 13.3. The van der Waals surface area contributed by atoms with Gasteiger partial charge in [-0.1, -0.05) is 6.07 Å².